The van der Waals surface area contributed by atoms with Crippen molar-refractivity contribution in [3.63, 3.8) is 0 Å². The van der Waals surface area contributed by atoms with Gasteiger partial charge in [0.05, 0.1) is 5.69 Å². The summed E-state index contributed by atoms with van der Waals surface area (Å²) < 4.78 is 1.81. The van der Waals surface area contributed by atoms with Crippen LogP contribution in [0.4, 0.5) is 0 Å². The smallest absolute Gasteiger partial charge is 0.359 e. The van der Waals surface area contributed by atoms with E-state index in [2.05, 4.69) is 10.3 Å². The third-order valence-corrected chi connectivity index (χ3v) is 2.88. The molecule has 16 heavy (non-hydrogen) atoms. The summed E-state index contributed by atoms with van der Waals surface area (Å²) >= 11 is 1.86. The molecule has 0 radical (unpaired) electrons. The van der Waals surface area contributed by atoms with Crippen molar-refractivity contribution in [3.05, 3.63) is 33.7 Å². The van der Waals surface area contributed by atoms with Crippen LogP contribution in [0, 0.1) is 3.70 Å². The van der Waals surface area contributed by atoms with E-state index >= 15 is 0 Å². The molecule has 82 valence electrons. The van der Waals surface area contributed by atoms with Gasteiger partial charge >= 0.3 is 5.97 Å². The number of carbonyl (C=O) groups is 1. The van der Waals surface area contributed by atoms with E-state index in [1.807, 2.05) is 22.6 Å². The number of phenolic OH excluding ortho intramolecular Hbond substituents is 1. The van der Waals surface area contributed by atoms with Gasteiger partial charge in [0, 0.05) is 0 Å². The number of aromatic nitrogens is 3. The Kier molecular flexibility index (Phi) is 2.77. The molecule has 0 spiro atoms. The Bertz CT molecular complexity index is 535. The molecule has 0 aliphatic heterocycles. The molecular formula is C9H6IN3O3. The van der Waals surface area contributed by atoms with Crippen molar-refractivity contribution in [1.82, 2.24) is 15.0 Å². The van der Waals surface area contributed by atoms with Crippen LogP contribution in [-0.4, -0.2) is 31.2 Å². The van der Waals surface area contributed by atoms with Crippen LogP contribution in [0.2, 0.25) is 0 Å². The second-order valence-corrected chi connectivity index (χ2v) is 3.98. The number of carboxylic acids is 1. The van der Waals surface area contributed by atoms with E-state index in [1.54, 1.807) is 12.1 Å². The molecule has 6 nitrogen and oxygen atoms in total. The number of halogens is 1. The zero-order valence-corrected chi connectivity index (χ0v) is 9.99. The highest BCUT2D eigenvalue weighted by molar-refractivity contribution is 14.1. The normalized spacial score (nSPS) is 10.3. The van der Waals surface area contributed by atoms with Gasteiger partial charge in [-0.2, -0.15) is 0 Å². The number of aromatic carboxylic acids is 1. The van der Waals surface area contributed by atoms with Crippen molar-refractivity contribution >= 4 is 28.6 Å². The highest BCUT2D eigenvalue weighted by atomic mass is 127. The molecule has 2 N–H and O–H groups in total. The molecule has 0 aliphatic rings. The van der Waals surface area contributed by atoms with Crippen LogP contribution in [-0.2, 0) is 0 Å². The number of nitrogens with zero attached hydrogens (tertiary/aromatic N) is 3. The molecule has 7 heteroatoms. The van der Waals surface area contributed by atoms with Crippen LogP contribution in [0.15, 0.2) is 24.3 Å². The van der Waals surface area contributed by atoms with E-state index in [0.717, 1.165) is 0 Å². The lowest BCUT2D eigenvalue weighted by molar-refractivity contribution is 0.0689. The maximum atomic E-state index is 10.8. The monoisotopic (exact) mass is 331 g/mol. The van der Waals surface area contributed by atoms with E-state index in [9.17, 15) is 4.79 Å². The summed E-state index contributed by atoms with van der Waals surface area (Å²) in [5.41, 5.74) is 0.552. The summed E-state index contributed by atoms with van der Waals surface area (Å²) in [4.78, 5) is 10.8. The summed E-state index contributed by atoms with van der Waals surface area (Å²) in [6.07, 6.45) is 0. The molecule has 2 aromatic rings. The van der Waals surface area contributed by atoms with Crippen LogP contribution in [0.3, 0.4) is 0 Å². The van der Waals surface area contributed by atoms with Crippen molar-refractivity contribution in [3.8, 4) is 11.4 Å². The van der Waals surface area contributed by atoms with Crippen molar-refractivity contribution in [2.75, 3.05) is 0 Å². The van der Waals surface area contributed by atoms with E-state index in [1.165, 1.54) is 16.8 Å². The van der Waals surface area contributed by atoms with Crippen LogP contribution in [0.25, 0.3) is 5.69 Å². The fourth-order valence-corrected chi connectivity index (χ4v) is 1.87. The molecule has 1 aromatic carbocycles. The van der Waals surface area contributed by atoms with Gasteiger partial charge in [-0.3, -0.25) is 0 Å². The molecule has 0 amide bonds. The van der Waals surface area contributed by atoms with Crippen molar-refractivity contribution in [2.24, 2.45) is 0 Å². The molecule has 0 saturated heterocycles. The van der Waals surface area contributed by atoms with Crippen LogP contribution in [0.1, 0.15) is 10.5 Å². The van der Waals surface area contributed by atoms with Gasteiger partial charge < -0.3 is 10.2 Å². The predicted molar refractivity (Wildman–Crippen MR) is 62.7 cm³/mol. The molecule has 1 heterocycles. The molecule has 0 unspecified atom stereocenters. The lowest BCUT2D eigenvalue weighted by Gasteiger charge is -2.01. The largest absolute Gasteiger partial charge is 0.508 e. The molecule has 0 bridgehead atoms. The van der Waals surface area contributed by atoms with Crippen LogP contribution >= 0.6 is 22.6 Å². The molecule has 1 aromatic heterocycles. The molecular weight excluding hydrogens is 325 g/mol. The zero-order valence-electron chi connectivity index (χ0n) is 7.83. The quantitative estimate of drug-likeness (QED) is 0.810. The summed E-state index contributed by atoms with van der Waals surface area (Å²) in [5.74, 6) is -0.980. The number of rotatable bonds is 2. The van der Waals surface area contributed by atoms with E-state index < -0.39 is 5.97 Å². The minimum atomic E-state index is -1.12. The Morgan fingerprint density at radius 3 is 2.44 bits per heavy atom. The van der Waals surface area contributed by atoms with Crippen molar-refractivity contribution in [1.29, 1.82) is 0 Å². The Morgan fingerprint density at radius 1 is 1.31 bits per heavy atom. The first-order valence-electron chi connectivity index (χ1n) is 4.23. The summed E-state index contributed by atoms with van der Waals surface area (Å²) in [6.45, 7) is 0. The summed E-state index contributed by atoms with van der Waals surface area (Å²) in [6, 6.07) is 6.23. The third-order valence-electron chi connectivity index (χ3n) is 1.91. The first-order valence-corrected chi connectivity index (χ1v) is 5.31. The Labute approximate surface area is 104 Å². The van der Waals surface area contributed by atoms with Gasteiger partial charge in [0.2, 0.25) is 5.69 Å². The Morgan fingerprint density at radius 2 is 1.94 bits per heavy atom. The number of aromatic hydroxyl groups is 1. The molecule has 0 aliphatic carbocycles. The van der Waals surface area contributed by atoms with Gasteiger partial charge in [0.1, 0.15) is 9.45 Å². The first-order chi connectivity index (χ1) is 7.59. The average Bonchev–Trinajstić information content (AvgIpc) is 2.61. The number of benzene rings is 1. The van der Waals surface area contributed by atoms with Gasteiger partial charge in [-0.15, -0.1) is 5.10 Å². The maximum absolute atomic E-state index is 10.8. The minimum absolute atomic E-state index is 0.0892. The number of carboxylic acid groups (broad SMARTS) is 1. The lowest BCUT2D eigenvalue weighted by atomic mass is 10.3. The number of hydrogen-bond acceptors (Lipinski definition) is 4. The van der Waals surface area contributed by atoms with Gasteiger partial charge in [-0.25, -0.2) is 9.48 Å². The highest BCUT2D eigenvalue weighted by Crippen LogP contribution is 2.17. The second kappa shape index (κ2) is 4.08. The van der Waals surface area contributed by atoms with Crippen LogP contribution in [0.5, 0.6) is 5.75 Å². The highest BCUT2D eigenvalue weighted by Gasteiger charge is 2.17. The first kappa shape index (κ1) is 10.9. The number of hydrogen-bond donors (Lipinski definition) is 2. The fourth-order valence-electron chi connectivity index (χ4n) is 1.16. The van der Waals surface area contributed by atoms with Crippen LogP contribution < -0.4 is 0 Å². The zero-order chi connectivity index (χ0) is 11.7. The van der Waals surface area contributed by atoms with Gasteiger partial charge in [0.15, 0.2) is 0 Å². The van der Waals surface area contributed by atoms with Crippen molar-refractivity contribution < 1.29 is 15.0 Å². The standard InChI is InChI=1S/C9H6IN3O3/c10-8-7(9(15)16)11-12-13(8)5-1-3-6(14)4-2-5/h1-4,14H,(H,15,16). The maximum Gasteiger partial charge on any atom is 0.359 e. The Balaban J connectivity index is 2.49. The predicted octanol–water partition coefficient (Wildman–Crippen LogP) is 1.28. The minimum Gasteiger partial charge on any atom is -0.508 e. The fraction of sp³-hybridized carbons (Fsp3) is 0. The van der Waals surface area contributed by atoms with E-state index in [0.29, 0.717) is 9.39 Å². The van der Waals surface area contributed by atoms with E-state index in [-0.39, 0.29) is 11.4 Å². The summed E-state index contributed by atoms with van der Waals surface area (Å²) in [7, 11) is 0. The molecule has 2 rings (SSSR count). The molecule has 0 saturated carbocycles. The topological polar surface area (TPSA) is 88.2 Å². The number of phenols is 1. The summed E-state index contributed by atoms with van der Waals surface area (Å²) in [5, 5.41) is 25.2. The SMILES string of the molecule is O=C(O)c1nnn(-c2ccc(O)cc2)c1I. The molecule has 0 fully saturated rings. The molecule has 0 atom stereocenters. The third kappa shape index (κ3) is 1.85. The van der Waals surface area contributed by atoms with Gasteiger partial charge in [-0.1, -0.05) is 5.21 Å². The van der Waals surface area contributed by atoms with Crippen molar-refractivity contribution in [2.45, 2.75) is 0 Å². The lowest BCUT2D eigenvalue weighted by Crippen LogP contribution is -2.02. The Hall–Kier alpha value is -1.64. The second-order valence-electron chi connectivity index (χ2n) is 2.96. The van der Waals surface area contributed by atoms with E-state index in [4.69, 9.17) is 10.2 Å². The van der Waals surface area contributed by atoms with Gasteiger partial charge in [-0.05, 0) is 46.9 Å². The average molecular weight is 331 g/mol. The van der Waals surface area contributed by atoms with Gasteiger partial charge in [0.25, 0.3) is 0 Å².